The Bertz CT molecular complexity index is 189. The zero-order chi connectivity index (χ0) is 10.1. The van der Waals surface area contributed by atoms with E-state index in [1.165, 1.54) is 19.3 Å². The van der Waals surface area contributed by atoms with Gasteiger partial charge in [0.25, 0.3) is 0 Å². The van der Waals surface area contributed by atoms with Gasteiger partial charge >= 0.3 is 0 Å². The summed E-state index contributed by atoms with van der Waals surface area (Å²) in [6, 6.07) is 0.417. The molecular formula is C12H23NO. The minimum absolute atomic E-state index is 0.417. The van der Waals surface area contributed by atoms with E-state index in [9.17, 15) is 0 Å². The molecule has 0 spiro atoms. The zero-order valence-electron chi connectivity index (χ0n) is 9.41. The van der Waals surface area contributed by atoms with Gasteiger partial charge in [-0.1, -0.05) is 13.8 Å². The van der Waals surface area contributed by atoms with Crippen LogP contribution in [-0.2, 0) is 4.74 Å². The molecule has 0 aromatic heterocycles. The molecule has 0 saturated heterocycles. The SMILES string of the molecule is CC1CCC(OC2CC(N)C2)CC1C. The average molecular weight is 197 g/mol. The van der Waals surface area contributed by atoms with Crippen molar-refractivity contribution in [3.63, 3.8) is 0 Å². The Kier molecular flexibility index (Phi) is 3.13. The van der Waals surface area contributed by atoms with Crippen LogP contribution in [0.1, 0.15) is 46.0 Å². The third-order valence-corrected chi connectivity index (χ3v) is 4.07. The van der Waals surface area contributed by atoms with Crippen LogP contribution in [0.15, 0.2) is 0 Å². The molecule has 2 saturated carbocycles. The fraction of sp³-hybridized carbons (Fsp3) is 1.00. The maximum atomic E-state index is 6.04. The van der Waals surface area contributed by atoms with Crippen molar-refractivity contribution in [2.75, 3.05) is 0 Å². The largest absolute Gasteiger partial charge is 0.375 e. The molecular weight excluding hydrogens is 174 g/mol. The van der Waals surface area contributed by atoms with Crippen LogP contribution in [-0.4, -0.2) is 18.2 Å². The van der Waals surface area contributed by atoms with Crippen molar-refractivity contribution in [2.45, 2.75) is 64.2 Å². The summed E-state index contributed by atoms with van der Waals surface area (Å²) in [4.78, 5) is 0. The molecule has 2 aliphatic carbocycles. The molecule has 3 unspecified atom stereocenters. The highest BCUT2D eigenvalue weighted by Gasteiger charge is 2.32. The summed E-state index contributed by atoms with van der Waals surface area (Å²) in [5.74, 6) is 1.72. The second kappa shape index (κ2) is 4.19. The van der Waals surface area contributed by atoms with Gasteiger partial charge < -0.3 is 10.5 Å². The molecule has 2 heteroatoms. The van der Waals surface area contributed by atoms with E-state index in [4.69, 9.17) is 10.5 Å². The van der Waals surface area contributed by atoms with Crippen LogP contribution in [0, 0.1) is 11.8 Å². The average Bonchev–Trinajstić information content (AvgIpc) is 2.09. The highest BCUT2D eigenvalue weighted by atomic mass is 16.5. The van der Waals surface area contributed by atoms with Crippen molar-refractivity contribution in [3.05, 3.63) is 0 Å². The molecule has 0 aromatic carbocycles. The predicted molar refractivity (Wildman–Crippen MR) is 58.0 cm³/mol. The fourth-order valence-electron chi connectivity index (χ4n) is 2.61. The zero-order valence-corrected chi connectivity index (χ0v) is 9.41. The van der Waals surface area contributed by atoms with E-state index in [0.717, 1.165) is 24.7 Å². The van der Waals surface area contributed by atoms with Gasteiger partial charge in [-0.2, -0.15) is 0 Å². The van der Waals surface area contributed by atoms with E-state index in [1.807, 2.05) is 0 Å². The van der Waals surface area contributed by atoms with E-state index in [0.29, 0.717) is 18.2 Å². The van der Waals surface area contributed by atoms with Gasteiger partial charge in [-0.3, -0.25) is 0 Å². The van der Waals surface area contributed by atoms with Gasteiger partial charge in [-0.15, -0.1) is 0 Å². The standard InChI is InChI=1S/C12H23NO/c1-8-3-4-11(5-9(8)2)14-12-6-10(13)7-12/h8-12H,3-7,13H2,1-2H3. The summed E-state index contributed by atoms with van der Waals surface area (Å²) in [6.45, 7) is 4.72. The highest BCUT2D eigenvalue weighted by molar-refractivity contribution is 4.85. The van der Waals surface area contributed by atoms with E-state index in [1.54, 1.807) is 0 Å². The molecule has 0 radical (unpaired) electrons. The summed E-state index contributed by atoms with van der Waals surface area (Å²) in [7, 11) is 0. The molecule has 0 aliphatic heterocycles. The lowest BCUT2D eigenvalue weighted by molar-refractivity contribution is -0.0836. The minimum Gasteiger partial charge on any atom is -0.375 e. The van der Waals surface area contributed by atoms with E-state index >= 15 is 0 Å². The first kappa shape index (κ1) is 10.4. The predicted octanol–water partition coefficient (Wildman–Crippen LogP) is 2.32. The van der Waals surface area contributed by atoms with Gasteiger partial charge in [0.2, 0.25) is 0 Å². The van der Waals surface area contributed by atoms with Gasteiger partial charge in [0.15, 0.2) is 0 Å². The summed E-state index contributed by atoms with van der Waals surface area (Å²) >= 11 is 0. The molecule has 14 heavy (non-hydrogen) atoms. The molecule has 0 amide bonds. The molecule has 0 heterocycles. The third kappa shape index (κ3) is 2.29. The molecule has 82 valence electrons. The van der Waals surface area contributed by atoms with Gasteiger partial charge in [0, 0.05) is 6.04 Å². The Balaban J connectivity index is 1.71. The molecule has 2 aliphatic rings. The van der Waals surface area contributed by atoms with Gasteiger partial charge in [-0.05, 0) is 43.9 Å². The highest BCUT2D eigenvalue weighted by Crippen LogP contribution is 2.33. The van der Waals surface area contributed by atoms with Crippen LogP contribution in [0.2, 0.25) is 0 Å². The second-order valence-electron chi connectivity index (χ2n) is 5.38. The Morgan fingerprint density at radius 1 is 0.929 bits per heavy atom. The van der Waals surface area contributed by atoms with Gasteiger partial charge in [0.1, 0.15) is 0 Å². The molecule has 0 aromatic rings. The number of ether oxygens (including phenoxy) is 1. The molecule has 2 nitrogen and oxygen atoms in total. The normalized spacial score (nSPS) is 48.6. The van der Waals surface area contributed by atoms with Gasteiger partial charge in [-0.25, -0.2) is 0 Å². The van der Waals surface area contributed by atoms with E-state index in [-0.39, 0.29) is 0 Å². The Labute approximate surface area is 87.2 Å². The maximum Gasteiger partial charge on any atom is 0.0608 e. The molecule has 2 N–H and O–H groups in total. The van der Waals surface area contributed by atoms with Crippen molar-refractivity contribution < 1.29 is 4.74 Å². The molecule has 0 bridgehead atoms. The summed E-state index contributed by atoms with van der Waals surface area (Å²) in [5.41, 5.74) is 5.74. The van der Waals surface area contributed by atoms with Crippen LogP contribution in [0.5, 0.6) is 0 Å². The smallest absolute Gasteiger partial charge is 0.0608 e. The Hall–Kier alpha value is -0.0800. The minimum atomic E-state index is 0.417. The Morgan fingerprint density at radius 2 is 1.64 bits per heavy atom. The Morgan fingerprint density at radius 3 is 2.21 bits per heavy atom. The van der Waals surface area contributed by atoms with Crippen LogP contribution in [0.25, 0.3) is 0 Å². The summed E-state index contributed by atoms with van der Waals surface area (Å²) in [5, 5.41) is 0. The van der Waals surface area contributed by atoms with Crippen molar-refractivity contribution >= 4 is 0 Å². The van der Waals surface area contributed by atoms with Crippen LogP contribution >= 0.6 is 0 Å². The first-order chi connectivity index (χ1) is 6.65. The second-order valence-corrected chi connectivity index (χ2v) is 5.38. The first-order valence-corrected chi connectivity index (χ1v) is 6.06. The molecule has 2 rings (SSSR count). The van der Waals surface area contributed by atoms with Crippen molar-refractivity contribution in [3.8, 4) is 0 Å². The molecule has 3 atom stereocenters. The maximum absolute atomic E-state index is 6.04. The summed E-state index contributed by atoms with van der Waals surface area (Å²) < 4.78 is 6.04. The lowest BCUT2D eigenvalue weighted by Gasteiger charge is -2.39. The first-order valence-electron chi connectivity index (χ1n) is 6.06. The van der Waals surface area contributed by atoms with Crippen LogP contribution in [0.3, 0.4) is 0 Å². The van der Waals surface area contributed by atoms with Crippen LogP contribution < -0.4 is 5.73 Å². The lowest BCUT2D eigenvalue weighted by atomic mass is 9.80. The quantitative estimate of drug-likeness (QED) is 0.737. The number of hydrogen-bond donors (Lipinski definition) is 1. The summed E-state index contributed by atoms with van der Waals surface area (Å²) in [6.07, 6.45) is 7.03. The van der Waals surface area contributed by atoms with Gasteiger partial charge in [0.05, 0.1) is 12.2 Å². The van der Waals surface area contributed by atoms with E-state index in [2.05, 4.69) is 13.8 Å². The number of hydrogen-bond acceptors (Lipinski definition) is 2. The van der Waals surface area contributed by atoms with Crippen LogP contribution in [0.4, 0.5) is 0 Å². The fourth-order valence-corrected chi connectivity index (χ4v) is 2.61. The molecule has 2 fully saturated rings. The topological polar surface area (TPSA) is 35.2 Å². The monoisotopic (exact) mass is 197 g/mol. The van der Waals surface area contributed by atoms with Crippen molar-refractivity contribution in [1.29, 1.82) is 0 Å². The van der Waals surface area contributed by atoms with Crippen molar-refractivity contribution in [2.24, 2.45) is 17.6 Å². The van der Waals surface area contributed by atoms with Crippen molar-refractivity contribution in [1.82, 2.24) is 0 Å². The number of rotatable bonds is 2. The third-order valence-electron chi connectivity index (χ3n) is 4.07. The lowest BCUT2D eigenvalue weighted by Crippen LogP contribution is -2.44. The number of nitrogens with two attached hydrogens (primary N) is 1. The van der Waals surface area contributed by atoms with E-state index < -0.39 is 0 Å².